The fourth-order valence-electron chi connectivity index (χ4n) is 2.87. The number of benzene rings is 1. The molecule has 1 aromatic carbocycles. The molecule has 5 nitrogen and oxygen atoms in total. The van der Waals surface area contributed by atoms with Crippen molar-refractivity contribution in [3.05, 3.63) is 28.8 Å². The molecule has 2 saturated heterocycles. The van der Waals surface area contributed by atoms with Crippen LogP contribution < -0.4 is 5.32 Å². The predicted molar refractivity (Wildman–Crippen MR) is 84.1 cm³/mol. The number of hydrogen-bond donors (Lipinski definition) is 1. The Labute approximate surface area is 134 Å². The molecular weight excluding hydrogens is 304 g/mol. The van der Waals surface area contributed by atoms with Gasteiger partial charge >= 0.3 is 0 Å². The van der Waals surface area contributed by atoms with Crippen molar-refractivity contribution in [1.29, 1.82) is 0 Å². The predicted octanol–water partition coefficient (Wildman–Crippen LogP) is 2.55. The first-order valence-electron chi connectivity index (χ1n) is 7.62. The Morgan fingerprint density at radius 2 is 2.05 bits per heavy atom. The number of amides is 2. The monoisotopic (exact) mass is 322 g/mol. The first kappa shape index (κ1) is 15.3. The highest BCUT2D eigenvalue weighted by molar-refractivity contribution is 6.31. The van der Waals surface area contributed by atoms with Crippen LogP contribution in [0.1, 0.15) is 29.6 Å². The standard InChI is InChI=1S/C16H19ClN2O3/c17-12-3-4-13(16(21)19-6-1-2-7-19)14(9-12)18-15(20)11-5-8-22-10-11/h3-4,9,11H,1-2,5-8,10H2,(H,18,20). The van der Waals surface area contributed by atoms with E-state index in [0.717, 1.165) is 25.9 Å². The Kier molecular flexibility index (Phi) is 4.64. The zero-order valence-electron chi connectivity index (χ0n) is 12.3. The molecule has 3 rings (SSSR count). The van der Waals surface area contributed by atoms with Crippen molar-refractivity contribution in [1.82, 2.24) is 4.90 Å². The zero-order valence-corrected chi connectivity index (χ0v) is 13.1. The van der Waals surface area contributed by atoms with Crippen molar-refractivity contribution in [2.75, 3.05) is 31.6 Å². The smallest absolute Gasteiger partial charge is 0.255 e. The molecule has 1 unspecified atom stereocenters. The van der Waals surface area contributed by atoms with E-state index < -0.39 is 0 Å². The molecule has 22 heavy (non-hydrogen) atoms. The average molecular weight is 323 g/mol. The quantitative estimate of drug-likeness (QED) is 0.930. The summed E-state index contributed by atoms with van der Waals surface area (Å²) in [6.07, 6.45) is 2.77. The number of likely N-dealkylation sites (tertiary alicyclic amines) is 1. The van der Waals surface area contributed by atoms with Gasteiger partial charge in [-0.1, -0.05) is 11.6 Å². The van der Waals surface area contributed by atoms with Gasteiger partial charge in [-0.05, 0) is 37.5 Å². The van der Waals surface area contributed by atoms with E-state index in [2.05, 4.69) is 5.32 Å². The van der Waals surface area contributed by atoms with E-state index in [4.69, 9.17) is 16.3 Å². The molecule has 1 N–H and O–H groups in total. The summed E-state index contributed by atoms with van der Waals surface area (Å²) >= 11 is 6.02. The summed E-state index contributed by atoms with van der Waals surface area (Å²) in [6, 6.07) is 5.00. The van der Waals surface area contributed by atoms with Crippen LogP contribution in [-0.2, 0) is 9.53 Å². The van der Waals surface area contributed by atoms with Gasteiger partial charge in [0.25, 0.3) is 5.91 Å². The third-order valence-electron chi connectivity index (χ3n) is 4.16. The van der Waals surface area contributed by atoms with E-state index >= 15 is 0 Å². The molecule has 2 fully saturated rings. The number of nitrogens with one attached hydrogen (secondary N) is 1. The van der Waals surface area contributed by atoms with Crippen LogP contribution in [0.2, 0.25) is 5.02 Å². The van der Waals surface area contributed by atoms with Gasteiger partial charge < -0.3 is 15.0 Å². The Morgan fingerprint density at radius 1 is 1.27 bits per heavy atom. The molecule has 0 saturated carbocycles. The summed E-state index contributed by atoms with van der Waals surface area (Å²) in [5, 5.41) is 3.34. The summed E-state index contributed by atoms with van der Waals surface area (Å²) in [4.78, 5) is 26.7. The summed E-state index contributed by atoms with van der Waals surface area (Å²) < 4.78 is 5.24. The highest BCUT2D eigenvalue weighted by Gasteiger charge is 2.26. The molecular formula is C16H19ClN2O3. The van der Waals surface area contributed by atoms with Crippen LogP contribution in [0.25, 0.3) is 0 Å². The van der Waals surface area contributed by atoms with Gasteiger partial charge in [0.1, 0.15) is 0 Å². The fraction of sp³-hybridized carbons (Fsp3) is 0.500. The minimum Gasteiger partial charge on any atom is -0.381 e. The summed E-state index contributed by atoms with van der Waals surface area (Å²) in [7, 11) is 0. The van der Waals surface area contributed by atoms with Crippen LogP contribution in [0.3, 0.4) is 0 Å². The fourth-order valence-corrected chi connectivity index (χ4v) is 3.05. The van der Waals surface area contributed by atoms with Crippen LogP contribution in [0, 0.1) is 5.92 Å². The largest absolute Gasteiger partial charge is 0.381 e. The lowest BCUT2D eigenvalue weighted by atomic mass is 10.1. The normalized spacial score (nSPS) is 21.1. The second-order valence-corrected chi connectivity index (χ2v) is 6.18. The number of anilines is 1. The van der Waals surface area contributed by atoms with Gasteiger partial charge in [-0.25, -0.2) is 0 Å². The highest BCUT2D eigenvalue weighted by Crippen LogP contribution is 2.25. The SMILES string of the molecule is O=C(Nc1cc(Cl)ccc1C(=O)N1CCCC1)C1CCOC1. The maximum absolute atomic E-state index is 12.6. The molecule has 2 heterocycles. The van der Waals surface area contributed by atoms with E-state index in [1.165, 1.54) is 0 Å². The van der Waals surface area contributed by atoms with Gasteiger partial charge in [-0.2, -0.15) is 0 Å². The maximum Gasteiger partial charge on any atom is 0.255 e. The van der Waals surface area contributed by atoms with Crippen molar-refractivity contribution < 1.29 is 14.3 Å². The molecule has 0 radical (unpaired) electrons. The molecule has 0 bridgehead atoms. The Bertz CT molecular complexity index is 579. The van der Waals surface area contributed by atoms with Crippen LogP contribution in [0.5, 0.6) is 0 Å². The lowest BCUT2D eigenvalue weighted by molar-refractivity contribution is -0.119. The summed E-state index contributed by atoms with van der Waals surface area (Å²) in [6.45, 7) is 2.58. The molecule has 1 aromatic rings. The van der Waals surface area contributed by atoms with E-state index in [9.17, 15) is 9.59 Å². The Morgan fingerprint density at radius 3 is 2.73 bits per heavy atom. The number of rotatable bonds is 3. The Balaban J connectivity index is 1.80. The van der Waals surface area contributed by atoms with Crippen LogP contribution in [0.4, 0.5) is 5.69 Å². The van der Waals surface area contributed by atoms with Gasteiger partial charge in [-0.3, -0.25) is 9.59 Å². The minimum absolute atomic E-state index is 0.0489. The summed E-state index contributed by atoms with van der Waals surface area (Å²) in [5.74, 6) is -0.323. The third-order valence-corrected chi connectivity index (χ3v) is 4.40. The van der Waals surface area contributed by atoms with Crippen molar-refractivity contribution >= 4 is 29.1 Å². The van der Waals surface area contributed by atoms with E-state index in [0.29, 0.717) is 35.9 Å². The number of carbonyl (C=O) groups excluding carboxylic acids is 2. The Hall–Kier alpha value is -1.59. The van der Waals surface area contributed by atoms with Gasteiger partial charge in [0, 0.05) is 24.7 Å². The van der Waals surface area contributed by atoms with Crippen LogP contribution >= 0.6 is 11.6 Å². The molecule has 1 atom stereocenters. The topological polar surface area (TPSA) is 58.6 Å². The minimum atomic E-state index is -0.159. The molecule has 0 spiro atoms. The first-order chi connectivity index (χ1) is 10.6. The van der Waals surface area contributed by atoms with Crippen molar-refractivity contribution in [2.24, 2.45) is 5.92 Å². The number of nitrogens with zero attached hydrogens (tertiary/aromatic N) is 1. The molecule has 2 amide bonds. The lowest BCUT2D eigenvalue weighted by Crippen LogP contribution is -2.30. The van der Waals surface area contributed by atoms with Crippen LogP contribution in [-0.4, -0.2) is 43.0 Å². The molecule has 2 aliphatic heterocycles. The van der Waals surface area contributed by atoms with E-state index in [1.54, 1.807) is 18.2 Å². The molecule has 0 aromatic heterocycles. The van der Waals surface area contributed by atoms with Crippen molar-refractivity contribution in [2.45, 2.75) is 19.3 Å². The maximum atomic E-state index is 12.6. The molecule has 6 heteroatoms. The lowest BCUT2D eigenvalue weighted by Gasteiger charge is -2.19. The van der Waals surface area contributed by atoms with Gasteiger partial charge in [0.2, 0.25) is 5.91 Å². The van der Waals surface area contributed by atoms with Crippen molar-refractivity contribution in [3.8, 4) is 0 Å². The van der Waals surface area contributed by atoms with Gasteiger partial charge in [0.05, 0.1) is 23.8 Å². The van der Waals surface area contributed by atoms with E-state index in [-0.39, 0.29) is 17.7 Å². The zero-order chi connectivity index (χ0) is 15.5. The third kappa shape index (κ3) is 3.25. The number of ether oxygens (including phenoxy) is 1. The van der Waals surface area contributed by atoms with Gasteiger partial charge in [0.15, 0.2) is 0 Å². The second kappa shape index (κ2) is 6.67. The van der Waals surface area contributed by atoms with E-state index in [1.807, 2.05) is 4.90 Å². The first-order valence-corrected chi connectivity index (χ1v) is 8.00. The molecule has 118 valence electrons. The number of halogens is 1. The second-order valence-electron chi connectivity index (χ2n) is 5.74. The number of hydrogen-bond acceptors (Lipinski definition) is 3. The number of carbonyl (C=O) groups is 2. The van der Waals surface area contributed by atoms with Crippen molar-refractivity contribution in [3.63, 3.8) is 0 Å². The summed E-state index contributed by atoms with van der Waals surface area (Å²) in [5.41, 5.74) is 0.986. The molecule has 0 aliphatic carbocycles. The molecule has 2 aliphatic rings. The van der Waals surface area contributed by atoms with Crippen LogP contribution in [0.15, 0.2) is 18.2 Å². The van der Waals surface area contributed by atoms with Gasteiger partial charge in [-0.15, -0.1) is 0 Å². The highest BCUT2D eigenvalue weighted by atomic mass is 35.5. The average Bonchev–Trinajstić information content (AvgIpc) is 3.20.